The monoisotopic (exact) mass is 455 g/mol. The van der Waals surface area contributed by atoms with Crippen LogP contribution in [0, 0.1) is 6.92 Å². The van der Waals surface area contributed by atoms with Gasteiger partial charge in [-0.1, -0.05) is 42.5 Å². The highest BCUT2D eigenvalue weighted by Gasteiger charge is 2.43. The number of hydrogen-bond donors (Lipinski definition) is 2. The van der Waals surface area contributed by atoms with Crippen LogP contribution in [0.15, 0.2) is 54.6 Å². The number of nitrogens with one attached hydrogen (secondary N) is 2. The Morgan fingerprint density at radius 3 is 2.47 bits per heavy atom. The van der Waals surface area contributed by atoms with Crippen molar-refractivity contribution in [2.45, 2.75) is 44.7 Å². The molecule has 2 N–H and O–H groups in total. The molecule has 3 rings (SSSR count). The number of benzene rings is 2. The fourth-order valence-corrected chi connectivity index (χ4v) is 4.82. The van der Waals surface area contributed by atoms with Crippen LogP contribution in [-0.2, 0) is 14.3 Å². The van der Waals surface area contributed by atoms with Crippen molar-refractivity contribution in [3.63, 3.8) is 0 Å². The SMILES string of the molecule is Cc1cccc(NC(=O)NCC(=O)N2[C@@H](C(=O)OC(C)(C)C)CS[C@H]2c2ccccc2)c1. The highest BCUT2D eigenvalue weighted by atomic mass is 32.2. The van der Waals surface area contributed by atoms with E-state index in [0.29, 0.717) is 11.4 Å². The van der Waals surface area contributed by atoms with Gasteiger partial charge in [-0.3, -0.25) is 4.79 Å². The number of carbonyl (C=O) groups excluding carboxylic acids is 3. The summed E-state index contributed by atoms with van der Waals surface area (Å²) in [7, 11) is 0. The van der Waals surface area contributed by atoms with Crippen LogP contribution in [0.1, 0.15) is 37.3 Å². The first-order chi connectivity index (χ1) is 15.1. The molecular weight excluding hydrogens is 426 g/mol. The molecule has 2 aromatic rings. The maximum Gasteiger partial charge on any atom is 0.330 e. The van der Waals surface area contributed by atoms with Crippen molar-refractivity contribution in [2.24, 2.45) is 0 Å². The Morgan fingerprint density at radius 1 is 1.09 bits per heavy atom. The quantitative estimate of drug-likeness (QED) is 0.663. The number of anilines is 1. The van der Waals surface area contributed by atoms with Crippen LogP contribution < -0.4 is 10.6 Å². The summed E-state index contributed by atoms with van der Waals surface area (Å²) >= 11 is 1.51. The van der Waals surface area contributed by atoms with Crippen molar-refractivity contribution in [3.8, 4) is 0 Å². The second kappa shape index (κ2) is 10.1. The molecule has 1 saturated heterocycles. The number of amides is 3. The van der Waals surface area contributed by atoms with Gasteiger partial charge in [-0.15, -0.1) is 11.8 Å². The molecule has 2 atom stereocenters. The van der Waals surface area contributed by atoms with Gasteiger partial charge in [0.05, 0.1) is 6.54 Å². The Balaban J connectivity index is 1.71. The third-order valence-electron chi connectivity index (χ3n) is 4.73. The van der Waals surface area contributed by atoms with Crippen molar-refractivity contribution in [1.82, 2.24) is 10.2 Å². The van der Waals surface area contributed by atoms with Gasteiger partial charge in [0.2, 0.25) is 5.91 Å². The minimum atomic E-state index is -0.724. The summed E-state index contributed by atoms with van der Waals surface area (Å²) in [5, 5.41) is 4.99. The summed E-state index contributed by atoms with van der Waals surface area (Å²) in [5.74, 6) is -0.365. The Labute approximate surface area is 192 Å². The van der Waals surface area contributed by atoms with Gasteiger partial charge in [-0.2, -0.15) is 0 Å². The van der Waals surface area contributed by atoms with Crippen molar-refractivity contribution in [2.75, 3.05) is 17.6 Å². The van der Waals surface area contributed by atoms with Crippen molar-refractivity contribution in [3.05, 3.63) is 65.7 Å². The fourth-order valence-electron chi connectivity index (χ4n) is 3.38. The maximum atomic E-state index is 13.2. The molecule has 7 nitrogen and oxygen atoms in total. The molecule has 1 fully saturated rings. The van der Waals surface area contributed by atoms with E-state index >= 15 is 0 Å². The Morgan fingerprint density at radius 2 is 1.81 bits per heavy atom. The molecule has 0 radical (unpaired) electrons. The molecule has 3 amide bonds. The Kier molecular flexibility index (Phi) is 7.45. The molecule has 8 heteroatoms. The number of ether oxygens (including phenoxy) is 1. The predicted molar refractivity (Wildman–Crippen MR) is 126 cm³/mol. The molecule has 0 aromatic heterocycles. The molecule has 1 heterocycles. The van der Waals surface area contributed by atoms with Gasteiger partial charge in [0.25, 0.3) is 0 Å². The van der Waals surface area contributed by atoms with Gasteiger partial charge in [0.1, 0.15) is 17.0 Å². The Bertz CT molecular complexity index is 975. The predicted octanol–water partition coefficient (Wildman–Crippen LogP) is 4.10. The lowest BCUT2D eigenvalue weighted by Gasteiger charge is -2.30. The molecule has 0 bridgehead atoms. The van der Waals surface area contributed by atoms with Crippen LogP contribution in [0.2, 0.25) is 0 Å². The summed E-state index contributed by atoms with van der Waals surface area (Å²) in [6.45, 7) is 7.08. The number of nitrogens with zero attached hydrogens (tertiary/aromatic N) is 1. The maximum absolute atomic E-state index is 13.2. The largest absolute Gasteiger partial charge is 0.458 e. The average Bonchev–Trinajstić information content (AvgIpc) is 3.17. The summed E-state index contributed by atoms with van der Waals surface area (Å²) in [6, 6.07) is 15.7. The average molecular weight is 456 g/mol. The van der Waals surface area contributed by atoms with E-state index in [1.54, 1.807) is 26.8 Å². The summed E-state index contributed by atoms with van der Waals surface area (Å²) in [6.07, 6.45) is 0. The molecule has 0 aliphatic carbocycles. The number of carbonyl (C=O) groups is 3. The third kappa shape index (κ3) is 6.26. The van der Waals surface area contributed by atoms with Crippen LogP contribution in [0.4, 0.5) is 10.5 Å². The van der Waals surface area contributed by atoms with E-state index in [2.05, 4.69) is 10.6 Å². The van der Waals surface area contributed by atoms with Gasteiger partial charge in [-0.05, 0) is 51.0 Å². The van der Waals surface area contributed by atoms with E-state index in [0.717, 1.165) is 11.1 Å². The van der Waals surface area contributed by atoms with Crippen LogP contribution >= 0.6 is 11.8 Å². The number of urea groups is 1. The van der Waals surface area contributed by atoms with Gasteiger partial charge < -0.3 is 20.3 Å². The van der Waals surface area contributed by atoms with Gasteiger partial charge in [0.15, 0.2) is 0 Å². The number of aryl methyl sites for hydroxylation is 1. The van der Waals surface area contributed by atoms with E-state index in [-0.39, 0.29) is 17.8 Å². The first-order valence-electron chi connectivity index (χ1n) is 10.5. The van der Waals surface area contributed by atoms with Gasteiger partial charge >= 0.3 is 12.0 Å². The van der Waals surface area contributed by atoms with E-state index in [1.807, 2.05) is 55.5 Å². The van der Waals surface area contributed by atoms with Crippen LogP contribution in [0.3, 0.4) is 0 Å². The normalized spacial score (nSPS) is 18.2. The number of hydrogen-bond acceptors (Lipinski definition) is 5. The lowest BCUT2D eigenvalue weighted by atomic mass is 10.1. The van der Waals surface area contributed by atoms with Gasteiger partial charge in [-0.25, -0.2) is 9.59 Å². The molecule has 1 aliphatic rings. The van der Waals surface area contributed by atoms with Crippen molar-refractivity contribution < 1.29 is 19.1 Å². The topological polar surface area (TPSA) is 87.7 Å². The lowest BCUT2D eigenvalue weighted by molar-refractivity contribution is -0.163. The van der Waals surface area contributed by atoms with Gasteiger partial charge in [0, 0.05) is 11.4 Å². The van der Waals surface area contributed by atoms with Crippen molar-refractivity contribution in [1.29, 1.82) is 0 Å². The highest BCUT2D eigenvalue weighted by molar-refractivity contribution is 7.99. The highest BCUT2D eigenvalue weighted by Crippen LogP contribution is 2.41. The van der Waals surface area contributed by atoms with E-state index < -0.39 is 23.6 Å². The molecule has 0 unspecified atom stereocenters. The molecule has 2 aromatic carbocycles. The second-order valence-corrected chi connectivity index (χ2v) is 9.74. The van der Waals surface area contributed by atoms with Crippen LogP contribution in [0.25, 0.3) is 0 Å². The van der Waals surface area contributed by atoms with E-state index in [1.165, 1.54) is 16.7 Å². The third-order valence-corrected chi connectivity index (χ3v) is 6.05. The van der Waals surface area contributed by atoms with Crippen molar-refractivity contribution >= 4 is 35.4 Å². The number of esters is 1. The molecule has 170 valence electrons. The molecular formula is C24H29N3O4S. The number of thioether (sulfide) groups is 1. The first kappa shape index (κ1) is 23.7. The zero-order valence-corrected chi connectivity index (χ0v) is 19.6. The number of rotatable bonds is 5. The molecule has 32 heavy (non-hydrogen) atoms. The van der Waals surface area contributed by atoms with Crippen LogP contribution in [-0.4, -0.2) is 46.7 Å². The zero-order valence-electron chi connectivity index (χ0n) is 18.8. The molecule has 1 aliphatic heterocycles. The summed E-state index contributed by atoms with van der Waals surface area (Å²) in [4.78, 5) is 39.9. The zero-order chi connectivity index (χ0) is 23.3. The summed E-state index contributed by atoms with van der Waals surface area (Å²) < 4.78 is 5.56. The second-order valence-electron chi connectivity index (χ2n) is 8.62. The summed E-state index contributed by atoms with van der Waals surface area (Å²) in [5.41, 5.74) is 1.91. The molecule has 0 spiro atoms. The minimum absolute atomic E-state index is 0.235. The van der Waals surface area contributed by atoms with E-state index in [9.17, 15) is 14.4 Å². The minimum Gasteiger partial charge on any atom is -0.458 e. The smallest absolute Gasteiger partial charge is 0.330 e. The fraction of sp³-hybridized carbons (Fsp3) is 0.375. The lowest BCUT2D eigenvalue weighted by Crippen LogP contribution is -2.49. The molecule has 0 saturated carbocycles. The Hall–Kier alpha value is -3.00. The van der Waals surface area contributed by atoms with E-state index in [4.69, 9.17) is 4.74 Å². The van der Waals surface area contributed by atoms with Crippen LogP contribution in [0.5, 0.6) is 0 Å². The first-order valence-corrected chi connectivity index (χ1v) is 11.5. The standard InChI is InChI=1S/C24H29N3O4S/c1-16-9-8-12-18(13-16)26-23(30)25-14-20(28)27-19(22(29)31-24(2,3)4)15-32-21(27)17-10-6-5-7-11-17/h5-13,19,21H,14-15H2,1-4H3,(H2,25,26,30)/t19-,21+/m1/s1.